The monoisotopic (exact) mass is 481 g/mol. The van der Waals surface area contributed by atoms with Gasteiger partial charge in [0.15, 0.2) is 11.6 Å². The van der Waals surface area contributed by atoms with E-state index < -0.39 is 5.51 Å². The van der Waals surface area contributed by atoms with Crippen LogP contribution in [-0.4, -0.2) is 90.9 Å². The van der Waals surface area contributed by atoms with E-state index in [4.69, 9.17) is 0 Å². The van der Waals surface area contributed by atoms with E-state index in [-0.39, 0.29) is 22.7 Å². The minimum Gasteiger partial charge on any atom is -0.353 e. The van der Waals surface area contributed by atoms with Crippen molar-refractivity contribution < 1.29 is 18.0 Å². The van der Waals surface area contributed by atoms with E-state index in [2.05, 4.69) is 37.3 Å². The maximum Gasteiger partial charge on any atom is 0.446 e. The fraction of sp³-hybridized carbons (Fsp3) is 0.476. The lowest BCUT2D eigenvalue weighted by molar-refractivity contribution is -0.0328. The maximum absolute atomic E-state index is 12.5. The van der Waals surface area contributed by atoms with Crippen LogP contribution >= 0.6 is 11.8 Å². The molecule has 2 aliphatic heterocycles. The van der Waals surface area contributed by atoms with Crippen LogP contribution in [0, 0.1) is 0 Å². The third-order valence-electron chi connectivity index (χ3n) is 5.69. The van der Waals surface area contributed by atoms with E-state index in [1.54, 1.807) is 4.90 Å². The molecule has 0 spiro atoms. The van der Waals surface area contributed by atoms with Crippen molar-refractivity contribution >= 4 is 35.1 Å². The van der Waals surface area contributed by atoms with Crippen molar-refractivity contribution in [2.24, 2.45) is 0 Å². The van der Waals surface area contributed by atoms with Gasteiger partial charge in [-0.15, -0.1) is 10.2 Å². The van der Waals surface area contributed by atoms with Crippen LogP contribution in [0.4, 0.5) is 35.3 Å². The molecule has 4 rings (SSSR count). The molecule has 2 aromatic rings. The third-order valence-corrected chi connectivity index (χ3v) is 6.43. The Morgan fingerprint density at radius 3 is 1.85 bits per heavy atom. The van der Waals surface area contributed by atoms with Gasteiger partial charge in [0, 0.05) is 62.9 Å². The largest absolute Gasteiger partial charge is 0.446 e. The van der Waals surface area contributed by atoms with Gasteiger partial charge < -0.3 is 24.9 Å². The first-order valence-electron chi connectivity index (χ1n) is 10.7. The number of carbonyl (C=O) groups excluding carboxylic acids is 1. The molecule has 0 aliphatic carbocycles. The minimum absolute atomic E-state index is 0.0777. The second-order valence-corrected chi connectivity index (χ2v) is 9.15. The number of amides is 2. The van der Waals surface area contributed by atoms with Crippen molar-refractivity contribution in [1.82, 2.24) is 20.0 Å². The Bertz CT molecular complexity index is 926. The first kappa shape index (κ1) is 23.4. The Labute approximate surface area is 194 Å². The Kier molecular flexibility index (Phi) is 7.13. The van der Waals surface area contributed by atoms with E-state index >= 15 is 0 Å². The topological polar surface area (TPSA) is 67.8 Å². The Balaban J connectivity index is 1.26. The second-order valence-electron chi connectivity index (χ2n) is 8.02. The number of hydrogen-bond acceptors (Lipinski definition) is 7. The summed E-state index contributed by atoms with van der Waals surface area (Å²) >= 11 is -0.181. The molecule has 1 N–H and O–H groups in total. The molecule has 3 heterocycles. The number of likely N-dealkylation sites (N-methyl/N-ethyl adjacent to an activating group) is 1. The fourth-order valence-corrected chi connectivity index (χ4v) is 4.31. The molecule has 1 aromatic heterocycles. The number of urea groups is 1. The molecule has 33 heavy (non-hydrogen) atoms. The molecule has 8 nitrogen and oxygen atoms in total. The molecule has 178 valence electrons. The van der Waals surface area contributed by atoms with Crippen LogP contribution in [0.1, 0.15) is 0 Å². The zero-order chi connectivity index (χ0) is 23.4. The van der Waals surface area contributed by atoms with E-state index in [0.717, 1.165) is 37.8 Å². The van der Waals surface area contributed by atoms with Gasteiger partial charge in [-0.3, -0.25) is 0 Å². The number of halogens is 3. The number of anilines is 3. The standard InChI is InChI=1S/C21H26F3N7OS/c1-28-8-10-29(11-9-28)18-6-7-19(27-26-18)30-12-14-31(15-13-30)20(32)25-16-2-4-17(5-3-16)33-21(22,23)24/h2-7H,8-15H2,1H3,(H,25,32). The molecule has 0 unspecified atom stereocenters. The third kappa shape index (κ3) is 6.41. The smallest absolute Gasteiger partial charge is 0.353 e. The zero-order valence-corrected chi connectivity index (χ0v) is 19.1. The number of aromatic nitrogens is 2. The van der Waals surface area contributed by atoms with Crippen molar-refractivity contribution in [3.8, 4) is 0 Å². The number of nitrogens with one attached hydrogen (secondary N) is 1. The van der Waals surface area contributed by atoms with Gasteiger partial charge in [0.1, 0.15) is 0 Å². The molecule has 0 radical (unpaired) electrons. The van der Waals surface area contributed by atoms with Crippen molar-refractivity contribution in [3.05, 3.63) is 36.4 Å². The molecular formula is C21H26F3N7OS. The summed E-state index contributed by atoms with van der Waals surface area (Å²) in [5.74, 6) is 1.66. The molecule has 2 amide bonds. The highest BCUT2D eigenvalue weighted by atomic mass is 32.2. The normalized spacial score (nSPS) is 17.9. The first-order chi connectivity index (χ1) is 15.8. The predicted molar refractivity (Wildman–Crippen MR) is 123 cm³/mol. The Morgan fingerprint density at radius 2 is 1.36 bits per heavy atom. The van der Waals surface area contributed by atoms with Gasteiger partial charge in [-0.2, -0.15) is 13.2 Å². The predicted octanol–water partition coefficient (Wildman–Crippen LogP) is 3.19. The molecule has 0 bridgehead atoms. The SMILES string of the molecule is CN1CCN(c2ccc(N3CCN(C(=O)Nc4ccc(SC(F)(F)F)cc4)CC3)nn2)CC1. The van der Waals surface area contributed by atoms with E-state index in [1.807, 2.05) is 12.1 Å². The Morgan fingerprint density at radius 1 is 0.848 bits per heavy atom. The molecule has 2 aliphatic rings. The second kappa shape index (κ2) is 10.0. The van der Waals surface area contributed by atoms with Gasteiger partial charge in [0.2, 0.25) is 0 Å². The molecule has 0 atom stereocenters. The van der Waals surface area contributed by atoms with Crippen molar-refractivity contribution in [3.63, 3.8) is 0 Å². The summed E-state index contributed by atoms with van der Waals surface area (Å²) in [4.78, 5) is 20.9. The van der Waals surface area contributed by atoms with Gasteiger partial charge in [-0.25, -0.2) is 4.79 Å². The van der Waals surface area contributed by atoms with Crippen LogP contribution in [-0.2, 0) is 0 Å². The molecule has 2 fully saturated rings. The average molecular weight is 482 g/mol. The van der Waals surface area contributed by atoms with Crippen LogP contribution < -0.4 is 15.1 Å². The van der Waals surface area contributed by atoms with Gasteiger partial charge in [-0.05, 0) is 55.2 Å². The van der Waals surface area contributed by atoms with Crippen molar-refractivity contribution in [2.45, 2.75) is 10.4 Å². The fourth-order valence-electron chi connectivity index (χ4n) is 3.77. The van der Waals surface area contributed by atoms with E-state index in [1.165, 1.54) is 24.3 Å². The number of benzene rings is 1. The first-order valence-corrected chi connectivity index (χ1v) is 11.5. The van der Waals surface area contributed by atoms with Crippen LogP contribution in [0.25, 0.3) is 0 Å². The van der Waals surface area contributed by atoms with Crippen LogP contribution in [0.15, 0.2) is 41.3 Å². The van der Waals surface area contributed by atoms with Gasteiger partial charge in [0.25, 0.3) is 0 Å². The highest BCUT2D eigenvalue weighted by Gasteiger charge is 2.29. The van der Waals surface area contributed by atoms with Gasteiger partial charge in [0.05, 0.1) is 0 Å². The summed E-state index contributed by atoms with van der Waals surface area (Å²) in [6, 6.07) is 9.32. The highest BCUT2D eigenvalue weighted by Crippen LogP contribution is 2.37. The summed E-state index contributed by atoms with van der Waals surface area (Å²) in [5, 5.41) is 11.5. The summed E-state index contributed by atoms with van der Waals surface area (Å²) in [6.07, 6.45) is 0. The lowest BCUT2D eigenvalue weighted by Crippen LogP contribution is -2.50. The summed E-state index contributed by atoms with van der Waals surface area (Å²) in [5.41, 5.74) is -3.88. The molecule has 0 saturated carbocycles. The lowest BCUT2D eigenvalue weighted by atomic mass is 10.3. The van der Waals surface area contributed by atoms with Crippen molar-refractivity contribution in [1.29, 1.82) is 0 Å². The summed E-state index contributed by atoms with van der Waals surface area (Å²) in [7, 11) is 2.11. The summed E-state index contributed by atoms with van der Waals surface area (Å²) < 4.78 is 37.3. The zero-order valence-electron chi connectivity index (χ0n) is 18.3. The van der Waals surface area contributed by atoms with Crippen LogP contribution in [0.2, 0.25) is 0 Å². The Hall–Kier alpha value is -2.73. The quantitative estimate of drug-likeness (QED) is 0.673. The van der Waals surface area contributed by atoms with Crippen molar-refractivity contribution in [2.75, 3.05) is 74.5 Å². The van der Waals surface area contributed by atoms with E-state index in [0.29, 0.717) is 31.9 Å². The number of nitrogens with zero attached hydrogens (tertiary/aromatic N) is 6. The minimum atomic E-state index is -4.33. The molecular weight excluding hydrogens is 455 g/mol. The maximum atomic E-state index is 12.5. The number of thioether (sulfide) groups is 1. The molecule has 12 heteroatoms. The number of hydrogen-bond donors (Lipinski definition) is 1. The van der Waals surface area contributed by atoms with Gasteiger partial charge >= 0.3 is 11.5 Å². The van der Waals surface area contributed by atoms with Gasteiger partial charge in [-0.1, -0.05) is 0 Å². The van der Waals surface area contributed by atoms with Crippen LogP contribution in [0.3, 0.4) is 0 Å². The number of rotatable bonds is 4. The number of alkyl halides is 3. The number of piperazine rings is 2. The lowest BCUT2D eigenvalue weighted by Gasteiger charge is -2.35. The number of carbonyl (C=O) groups is 1. The van der Waals surface area contributed by atoms with Crippen LogP contribution in [0.5, 0.6) is 0 Å². The summed E-state index contributed by atoms with van der Waals surface area (Å²) in [6.45, 7) is 6.14. The molecule has 1 aromatic carbocycles. The molecule has 2 saturated heterocycles. The highest BCUT2D eigenvalue weighted by molar-refractivity contribution is 8.00. The average Bonchev–Trinajstić information content (AvgIpc) is 2.80. The van der Waals surface area contributed by atoms with E-state index in [9.17, 15) is 18.0 Å².